The minimum Gasteiger partial charge on any atom is -0.456 e. The zero-order chi connectivity index (χ0) is 24.6. The molecule has 0 unspecified atom stereocenters. The Hall–Kier alpha value is -3.41. The Balaban J connectivity index is 1.75. The first kappa shape index (κ1) is 23.7. The van der Waals surface area contributed by atoms with E-state index in [1.54, 1.807) is 31.2 Å². The van der Waals surface area contributed by atoms with Crippen molar-refractivity contribution in [1.82, 2.24) is 4.57 Å². The van der Waals surface area contributed by atoms with Gasteiger partial charge in [-0.2, -0.15) is 0 Å². The van der Waals surface area contributed by atoms with Crippen LogP contribution in [0.15, 0.2) is 47.3 Å². The topological polar surface area (TPSA) is 115 Å². The zero-order valence-electron chi connectivity index (χ0n) is 18.4. The summed E-state index contributed by atoms with van der Waals surface area (Å²) in [5.74, 6) is -1.22. The average Bonchev–Trinajstić information content (AvgIpc) is 3.61. The molecule has 34 heavy (non-hydrogen) atoms. The van der Waals surface area contributed by atoms with Gasteiger partial charge in [-0.05, 0) is 72.7 Å². The second kappa shape index (κ2) is 9.45. The van der Waals surface area contributed by atoms with Crippen LogP contribution < -0.4 is 26.7 Å². The molecule has 2 amide bonds. The van der Waals surface area contributed by atoms with E-state index in [0.29, 0.717) is 20.6 Å². The van der Waals surface area contributed by atoms with Crippen molar-refractivity contribution >= 4 is 51.6 Å². The molecule has 1 aliphatic rings. The van der Waals surface area contributed by atoms with Crippen LogP contribution in [0.5, 0.6) is 11.5 Å². The second-order valence-electron chi connectivity index (χ2n) is 8.04. The normalized spacial score (nSPS) is 12.8. The number of benzene rings is 2. The lowest BCUT2D eigenvalue weighted by molar-refractivity contribution is -0.117. The summed E-state index contributed by atoms with van der Waals surface area (Å²) in [6.45, 7) is 1.75. The summed E-state index contributed by atoms with van der Waals surface area (Å²) in [4.78, 5) is 37.3. The van der Waals surface area contributed by atoms with Crippen LogP contribution in [0, 0.1) is 22.2 Å². The molecule has 0 radical (unpaired) electrons. The molecule has 10 heteroatoms. The van der Waals surface area contributed by atoms with E-state index in [-0.39, 0.29) is 34.6 Å². The number of aromatic nitrogens is 1. The van der Waals surface area contributed by atoms with Crippen molar-refractivity contribution < 1.29 is 18.7 Å². The van der Waals surface area contributed by atoms with Gasteiger partial charge in [-0.1, -0.05) is 6.07 Å². The van der Waals surface area contributed by atoms with Gasteiger partial charge < -0.3 is 21.1 Å². The highest BCUT2D eigenvalue weighted by Gasteiger charge is 2.30. The molecule has 0 aliphatic heterocycles. The van der Waals surface area contributed by atoms with Crippen molar-refractivity contribution in [3.8, 4) is 11.5 Å². The zero-order valence-corrected chi connectivity index (χ0v) is 20.6. The molecule has 2 aromatic carbocycles. The number of hydrogen-bond donors (Lipinski definition) is 3. The smallest absolute Gasteiger partial charge is 0.256 e. The summed E-state index contributed by atoms with van der Waals surface area (Å²) in [5, 5.41) is 5.68. The minimum atomic E-state index is -0.866. The molecule has 8 nitrogen and oxygen atoms in total. The molecule has 1 aromatic heterocycles. The van der Waals surface area contributed by atoms with Crippen molar-refractivity contribution in [2.24, 2.45) is 18.7 Å². The number of primary amides is 1. The lowest BCUT2D eigenvalue weighted by Crippen LogP contribution is -2.25. The van der Waals surface area contributed by atoms with Crippen LogP contribution in [0.2, 0.25) is 0 Å². The number of carbonyl (C=O) groups excluding carboxylic acids is 2. The van der Waals surface area contributed by atoms with Gasteiger partial charge in [-0.25, -0.2) is 4.39 Å². The number of anilines is 3. The van der Waals surface area contributed by atoms with Crippen molar-refractivity contribution in [1.29, 1.82) is 0 Å². The number of halogens is 2. The molecule has 1 saturated carbocycles. The monoisotopic (exact) mass is 576 g/mol. The van der Waals surface area contributed by atoms with Gasteiger partial charge >= 0.3 is 0 Å². The second-order valence-corrected chi connectivity index (χ2v) is 9.28. The molecular weight excluding hydrogens is 554 g/mol. The molecule has 1 aliphatic carbocycles. The number of nitrogens with one attached hydrogen (secondary N) is 2. The molecule has 0 saturated heterocycles. The number of amides is 2. The predicted octanol–water partition coefficient (Wildman–Crippen LogP) is 4.42. The van der Waals surface area contributed by atoms with Gasteiger partial charge in [0.1, 0.15) is 28.7 Å². The molecule has 4 rings (SSSR count). The van der Waals surface area contributed by atoms with Crippen LogP contribution in [-0.2, 0) is 11.8 Å². The Morgan fingerprint density at radius 3 is 2.53 bits per heavy atom. The number of ether oxygens (including phenoxy) is 1. The van der Waals surface area contributed by atoms with Crippen LogP contribution in [0.25, 0.3) is 0 Å². The number of nitrogens with two attached hydrogens (primary N) is 1. The summed E-state index contributed by atoms with van der Waals surface area (Å²) in [6.07, 6.45) is 1.74. The van der Waals surface area contributed by atoms with Crippen LogP contribution in [0.1, 0.15) is 28.8 Å². The summed E-state index contributed by atoms with van der Waals surface area (Å²) >= 11 is 1.98. The number of nitrogens with zero attached hydrogens (tertiary/aromatic N) is 1. The summed E-state index contributed by atoms with van der Waals surface area (Å²) < 4.78 is 22.3. The fraction of sp³-hybridized carbons (Fsp3) is 0.208. The van der Waals surface area contributed by atoms with Crippen LogP contribution in [0.3, 0.4) is 0 Å². The number of carbonyl (C=O) groups is 2. The maximum Gasteiger partial charge on any atom is 0.256 e. The number of pyridine rings is 1. The van der Waals surface area contributed by atoms with Crippen molar-refractivity contribution in [3.05, 3.63) is 73.3 Å². The molecule has 176 valence electrons. The van der Waals surface area contributed by atoms with Crippen LogP contribution in [0.4, 0.5) is 21.6 Å². The fourth-order valence-electron chi connectivity index (χ4n) is 3.42. The van der Waals surface area contributed by atoms with E-state index in [9.17, 15) is 18.8 Å². The quantitative estimate of drug-likeness (QED) is 0.361. The van der Waals surface area contributed by atoms with E-state index >= 15 is 0 Å². The molecule has 3 aromatic rings. The lowest BCUT2D eigenvalue weighted by atomic mass is 10.1. The van der Waals surface area contributed by atoms with Gasteiger partial charge in [0, 0.05) is 33.9 Å². The molecule has 0 spiro atoms. The van der Waals surface area contributed by atoms with E-state index < -0.39 is 17.3 Å². The van der Waals surface area contributed by atoms with Crippen LogP contribution >= 0.6 is 22.6 Å². The van der Waals surface area contributed by atoms with E-state index in [1.165, 1.54) is 19.2 Å². The Labute approximate surface area is 208 Å². The molecule has 0 atom stereocenters. The molecule has 1 fully saturated rings. The standard InChI is InChI=1S/C24H22FIN4O4/c1-12-16(29-24(33)13-6-7-13)4-3-5-18(12)34-19-11-20(31)30(2)23(21(19)22(27)32)28-17-9-8-14(26)10-15(17)25/h3-5,8-11,13,28H,6-7H2,1-2H3,(H2,27,32)(H,29,33). The largest absolute Gasteiger partial charge is 0.456 e. The highest BCUT2D eigenvalue weighted by atomic mass is 127. The summed E-state index contributed by atoms with van der Waals surface area (Å²) in [5.41, 5.74) is 6.29. The van der Waals surface area contributed by atoms with Gasteiger partial charge in [0.15, 0.2) is 0 Å². The first-order valence-electron chi connectivity index (χ1n) is 10.5. The molecule has 0 bridgehead atoms. The molecule has 1 heterocycles. The van der Waals surface area contributed by atoms with E-state index in [2.05, 4.69) is 10.6 Å². The van der Waals surface area contributed by atoms with E-state index in [1.807, 2.05) is 22.6 Å². The molecule has 4 N–H and O–H groups in total. The third-order valence-electron chi connectivity index (χ3n) is 5.54. The SMILES string of the molecule is Cc1c(NC(=O)C2CC2)cccc1Oc1cc(=O)n(C)c(Nc2ccc(I)cc2F)c1C(N)=O. The third kappa shape index (κ3) is 4.91. The Morgan fingerprint density at radius 2 is 1.88 bits per heavy atom. The average molecular weight is 576 g/mol. The number of rotatable bonds is 7. The lowest BCUT2D eigenvalue weighted by Gasteiger charge is -2.19. The van der Waals surface area contributed by atoms with Gasteiger partial charge in [0.2, 0.25) is 5.91 Å². The fourth-order valence-corrected chi connectivity index (χ4v) is 3.87. The Kier molecular flexibility index (Phi) is 6.60. The highest BCUT2D eigenvalue weighted by Crippen LogP contribution is 2.36. The number of hydrogen-bond acceptors (Lipinski definition) is 5. The van der Waals surface area contributed by atoms with Crippen molar-refractivity contribution in [3.63, 3.8) is 0 Å². The van der Waals surface area contributed by atoms with E-state index in [0.717, 1.165) is 23.5 Å². The predicted molar refractivity (Wildman–Crippen MR) is 135 cm³/mol. The maximum absolute atomic E-state index is 14.5. The highest BCUT2D eigenvalue weighted by molar-refractivity contribution is 14.1. The first-order valence-corrected chi connectivity index (χ1v) is 11.6. The summed E-state index contributed by atoms with van der Waals surface area (Å²) in [6, 6.07) is 10.7. The van der Waals surface area contributed by atoms with Crippen LogP contribution in [-0.4, -0.2) is 16.4 Å². The molecular formula is C24H22FIN4O4. The minimum absolute atomic E-state index is 0.00838. The summed E-state index contributed by atoms with van der Waals surface area (Å²) in [7, 11) is 1.44. The van der Waals surface area contributed by atoms with Gasteiger partial charge in [0.25, 0.3) is 11.5 Å². The van der Waals surface area contributed by atoms with Gasteiger partial charge in [0.05, 0.1) is 5.69 Å². The van der Waals surface area contributed by atoms with Crippen molar-refractivity contribution in [2.45, 2.75) is 19.8 Å². The van der Waals surface area contributed by atoms with Crippen molar-refractivity contribution in [2.75, 3.05) is 10.6 Å². The van der Waals surface area contributed by atoms with Gasteiger partial charge in [-0.3, -0.25) is 19.0 Å². The first-order chi connectivity index (χ1) is 16.2. The Bertz CT molecular complexity index is 1370. The Morgan fingerprint density at radius 1 is 1.15 bits per heavy atom. The van der Waals surface area contributed by atoms with E-state index in [4.69, 9.17) is 10.5 Å². The maximum atomic E-state index is 14.5. The third-order valence-corrected chi connectivity index (χ3v) is 6.22. The van der Waals surface area contributed by atoms with Gasteiger partial charge in [-0.15, -0.1) is 0 Å².